The van der Waals surface area contributed by atoms with E-state index in [4.69, 9.17) is 5.73 Å². The number of carbonyl (C=O) groups excluding carboxylic acids is 1. The summed E-state index contributed by atoms with van der Waals surface area (Å²) in [7, 11) is 0. The minimum atomic E-state index is -0.359. The van der Waals surface area contributed by atoms with Gasteiger partial charge in [-0.15, -0.1) is 0 Å². The van der Waals surface area contributed by atoms with E-state index in [9.17, 15) is 4.79 Å². The van der Waals surface area contributed by atoms with Gasteiger partial charge in [-0.3, -0.25) is 9.78 Å². The third kappa shape index (κ3) is 2.32. The smallest absolute Gasteiger partial charge is 0.271 e. The van der Waals surface area contributed by atoms with E-state index >= 15 is 0 Å². The third-order valence-corrected chi connectivity index (χ3v) is 1.81. The van der Waals surface area contributed by atoms with Crippen molar-refractivity contribution in [3.05, 3.63) is 36.1 Å². The molecule has 0 radical (unpaired) electrons. The number of carbonyl (C=O) groups is 1. The van der Waals surface area contributed by atoms with Crippen molar-refractivity contribution in [2.24, 2.45) is 0 Å². The first-order valence-corrected chi connectivity index (χ1v) is 4.50. The Morgan fingerprint density at radius 3 is 3.06 bits per heavy atom. The van der Waals surface area contributed by atoms with Crippen molar-refractivity contribution in [3.8, 4) is 0 Å². The predicted octanol–water partition coefficient (Wildman–Crippen LogP) is -0.0232. The van der Waals surface area contributed by atoms with Gasteiger partial charge in [0, 0.05) is 6.07 Å². The number of nitrogens with zero attached hydrogens (tertiary/aromatic N) is 3. The van der Waals surface area contributed by atoms with Crippen LogP contribution in [0.3, 0.4) is 0 Å². The van der Waals surface area contributed by atoms with Crippen LogP contribution in [0, 0.1) is 0 Å². The normalized spacial score (nSPS) is 10.0. The molecule has 0 unspecified atom stereocenters. The minimum absolute atomic E-state index is 0.170. The van der Waals surface area contributed by atoms with Crippen LogP contribution in [0.5, 0.6) is 0 Å². The lowest BCUT2D eigenvalue weighted by Crippen LogP contribution is -2.24. The average Bonchev–Trinajstić information content (AvgIpc) is 2.78. The van der Waals surface area contributed by atoms with Gasteiger partial charge >= 0.3 is 0 Å². The summed E-state index contributed by atoms with van der Waals surface area (Å²) in [6.07, 6.45) is 4.14. The van der Waals surface area contributed by atoms with E-state index in [1.165, 1.54) is 18.7 Å². The molecule has 2 heterocycles. The zero-order valence-electron chi connectivity index (χ0n) is 8.25. The number of hydrogen-bond donors (Lipinski definition) is 2. The number of anilines is 1. The largest absolute Gasteiger partial charge is 0.382 e. The van der Waals surface area contributed by atoms with Gasteiger partial charge in [0.15, 0.2) is 0 Å². The van der Waals surface area contributed by atoms with Crippen molar-refractivity contribution in [1.29, 1.82) is 0 Å². The fourth-order valence-electron chi connectivity index (χ4n) is 1.08. The molecule has 0 atom stereocenters. The monoisotopic (exact) mass is 219 g/mol. The highest BCUT2D eigenvalue weighted by Crippen LogP contribution is 1.98. The molecule has 2 rings (SSSR count). The molecular weight excluding hydrogens is 210 g/mol. The summed E-state index contributed by atoms with van der Waals surface area (Å²) in [5.74, 6) is -0.156. The molecule has 0 aromatic carbocycles. The highest BCUT2D eigenvalue weighted by atomic mass is 16.5. The van der Waals surface area contributed by atoms with Crippen LogP contribution in [0.25, 0.3) is 0 Å². The number of aromatic nitrogens is 3. The molecule has 16 heavy (non-hydrogen) atoms. The Hall–Kier alpha value is -2.44. The molecule has 0 spiro atoms. The molecule has 0 saturated carbocycles. The molecule has 0 aliphatic rings. The Kier molecular flexibility index (Phi) is 2.77. The van der Waals surface area contributed by atoms with Crippen molar-refractivity contribution in [2.45, 2.75) is 6.54 Å². The van der Waals surface area contributed by atoms with E-state index in [0.717, 1.165) is 0 Å². The lowest BCUT2D eigenvalue weighted by Gasteiger charge is -2.01. The van der Waals surface area contributed by atoms with Gasteiger partial charge in [-0.2, -0.15) is 0 Å². The second-order valence-electron chi connectivity index (χ2n) is 3.00. The Morgan fingerprint density at radius 2 is 2.38 bits per heavy atom. The highest BCUT2D eigenvalue weighted by Gasteiger charge is 2.08. The maximum atomic E-state index is 11.6. The summed E-state index contributed by atoms with van der Waals surface area (Å²) in [6, 6.07) is 1.66. The number of nitrogens with two attached hydrogens (primary N) is 1. The quantitative estimate of drug-likeness (QED) is 0.751. The van der Waals surface area contributed by atoms with E-state index in [1.807, 2.05) is 0 Å². The number of rotatable bonds is 3. The van der Waals surface area contributed by atoms with Gasteiger partial charge in [0.1, 0.15) is 23.5 Å². The fraction of sp³-hybridized carbons (Fsp3) is 0.111. The first-order valence-electron chi connectivity index (χ1n) is 4.50. The van der Waals surface area contributed by atoms with Gasteiger partial charge in [0.2, 0.25) is 0 Å². The van der Waals surface area contributed by atoms with Gasteiger partial charge < -0.3 is 15.6 Å². The maximum absolute atomic E-state index is 11.6. The molecule has 0 aliphatic carbocycles. The van der Waals surface area contributed by atoms with Gasteiger partial charge in [-0.25, -0.2) is 4.98 Å². The number of nitrogen functional groups attached to an aromatic ring is 1. The summed E-state index contributed by atoms with van der Waals surface area (Å²) >= 11 is 0. The fourth-order valence-corrected chi connectivity index (χ4v) is 1.08. The van der Waals surface area contributed by atoms with Crippen LogP contribution in [-0.2, 0) is 6.54 Å². The summed E-state index contributed by atoms with van der Waals surface area (Å²) in [5, 5.41) is 6.26. The van der Waals surface area contributed by atoms with E-state index in [0.29, 0.717) is 5.69 Å². The molecule has 1 amide bonds. The minimum Gasteiger partial charge on any atom is -0.382 e. The predicted molar refractivity (Wildman–Crippen MR) is 54.1 cm³/mol. The topological polar surface area (TPSA) is 107 Å². The SMILES string of the molecule is Nc1cncc(C(=O)NCc2ccon2)n1. The first kappa shape index (κ1) is 10.1. The molecule has 0 aliphatic heterocycles. The first-order chi connectivity index (χ1) is 7.75. The molecule has 0 bridgehead atoms. The van der Waals surface area contributed by atoms with E-state index in [2.05, 4.69) is 25.0 Å². The van der Waals surface area contributed by atoms with Gasteiger partial charge in [0.05, 0.1) is 18.9 Å². The zero-order valence-corrected chi connectivity index (χ0v) is 8.25. The molecule has 0 saturated heterocycles. The van der Waals surface area contributed by atoms with E-state index in [-0.39, 0.29) is 24.0 Å². The van der Waals surface area contributed by atoms with Crippen LogP contribution in [0.15, 0.2) is 29.2 Å². The van der Waals surface area contributed by atoms with E-state index in [1.54, 1.807) is 6.07 Å². The number of nitrogens with one attached hydrogen (secondary N) is 1. The summed E-state index contributed by atoms with van der Waals surface area (Å²) in [4.78, 5) is 19.2. The van der Waals surface area contributed by atoms with Crippen molar-refractivity contribution >= 4 is 11.7 Å². The van der Waals surface area contributed by atoms with Gasteiger partial charge in [-0.1, -0.05) is 5.16 Å². The van der Waals surface area contributed by atoms with Crippen molar-refractivity contribution in [1.82, 2.24) is 20.4 Å². The zero-order chi connectivity index (χ0) is 11.4. The standard InChI is InChI=1S/C9H9N5O2/c10-8-5-11-4-7(13-8)9(15)12-3-6-1-2-16-14-6/h1-2,4-5H,3H2,(H2,10,13)(H,12,15). The second kappa shape index (κ2) is 4.39. The van der Waals surface area contributed by atoms with Crippen LogP contribution < -0.4 is 11.1 Å². The Bertz CT molecular complexity index is 482. The molecule has 7 heteroatoms. The Balaban J connectivity index is 1.98. The molecular formula is C9H9N5O2. The number of amides is 1. The van der Waals surface area contributed by atoms with Crippen LogP contribution >= 0.6 is 0 Å². The van der Waals surface area contributed by atoms with Crippen LogP contribution in [0.1, 0.15) is 16.2 Å². The lowest BCUT2D eigenvalue weighted by molar-refractivity contribution is 0.0945. The second-order valence-corrected chi connectivity index (χ2v) is 3.00. The van der Waals surface area contributed by atoms with Crippen molar-refractivity contribution < 1.29 is 9.32 Å². The van der Waals surface area contributed by atoms with Crippen LogP contribution in [0.4, 0.5) is 5.82 Å². The summed E-state index contributed by atoms with van der Waals surface area (Å²) in [5.41, 5.74) is 6.21. The molecule has 7 nitrogen and oxygen atoms in total. The molecule has 2 aromatic heterocycles. The molecule has 0 fully saturated rings. The van der Waals surface area contributed by atoms with Crippen molar-refractivity contribution in [3.63, 3.8) is 0 Å². The molecule has 2 aromatic rings. The Labute approximate surface area is 90.7 Å². The van der Waals surface area contributed by atoms with Crippen molar-refractivity contribution in [2.75, 3.05) is 5.73 Å². The molecule has 3 N–H and O–H groups in total. The lowest BCUT2D eigenvalue weighted by atomic mass is 10.4. The average molecular weight is 219 g/mol. The maximum Gasteiger partial charge on any atom is 0.271 e. The van der Waals surface area contributed by atoms with Crippen LogP contribution in [0.2, 0.25) is 0 Å². The van der Waals surface area contributed by atoms with Gasteiger partial charge in [0.25, 0.3) is 5.91 Å². The highest BCUT2D eigenvalue weighted by molar-refractivity contribution is 5.92. The summed E-state index contributed by atoms with van der Waals surface area (Å²) in [6.45, 7) is 0.270. The third-order valence-electron chi connectivity index (χ3n) is 1.81. The van der Waals surface area contributed by atoms with Crippen LogP contribution in [-0.4, -0.2) is 21.0 Å². The molecule has 82 valence electrons. The van der Waals surface area contributed by atoms with E-state index < -0.39 is 0 Å². The van der Waals surface area contributed by atoms with Gasteiger partial charge in [-0.05, 0) is 0 Å². The Morgan fingerprint density at radius 1 is 1.50 bits per heavy atom. The number of hydrogen-bond acceptors (Lipinski definition) is 6. The summed E-state index contributed by atoms with van der Waals surface area (Å²) < 4.78 is 4.62.